The van der Waals surface area contributed by atoms with Gasteiger partial charge in [-0.1, -0.05) is 71.8 Å². The van der Waals surface area contributed by atoms with Crippen LogP contribution in [0.15, 0.2) is 24.3 Å². The van der Waals surface area contributed by atoms with Gasteiger partial charge in [-0.15, -0.1) is 0 Å². The largest absolute Gasteiger partial charge is 0.0882 e. The van der Waals surface area contributed by atoms with E-state index in [4.69, 9.17) is 0 Å². The highest BCUT2D eigenvalue weighted by molar-refractivity contribution is 4.98. The maximum absolute atomic E-state index is 2.32. The summed E-state index contributed by atoms with van der Waals surface area (Å²) in [7, 11) is 0. The van der Waals surface area contributed by atoms with Crippen molar-refractivity contribution in [3.8, 4) is 0 Å². The number of rotatable bonds is 7. The summed E-state index contributed by atoms with van der Waals surface area (Å²) in [5.74, 6) is 0.613. The normalized spacial score (nSPS) is 12.9. The minimum Gasteiger partial charge on any atom is -0.0882 e. The monoisotopic (exact) mass is 210 g/mol. The zero-order chi connectivity index (χ0) is 11.9. The molecule has 0 aromatic rings. The van der Waals surface area contributed by atoms with Gasteiger partial charge in [0.25, 0.3) is 0 Å². The molecule has 0 saturated heterocycles. The van der Waals surface area contributed by atoms with Crippen LogP contribution in [0.5, 0.6) is 0 Å². The molecule has 1 unspecified atom stereocenters. The van der Waals surface area contributed by atoms with E-state index in [2.05, 4.69) is 45.1 Å². The first-order valence-corrected chi connectivity index (χ1v) is 6.64. The summed E-state index contributed by atoms with van der Waals surface area (Å²) in [6, 6.07) is 0. The van der Waals surface area contributed by atoms with Crippen molar-refractivity contribution in [2.45, 2.75) is 66.7 Å². The van der Waals surface area contributed by atoms with Gasteiger partial charge in [-0.05, 0) is 25.2 Å². The van der Waals surface area contributed by atoms with Crippen molar-refractivity contribution < 1.29 is 0 Å². The minimum absolute atomic E-state index is 0.613. The Labute approximate surface area is 97.5 Å². The summed E-state index contributed by atoms with van der Waals surface area (Å²) in [4.78, 5) is 0. The standard InChI is InChI=1S/C13H24.C2H6/c1-4-6-8-9-10-12-13(3)11-7-5-2;1-2/h7,10-13H,4-6,8-9H2,1-3H3;1-2H3/b11-7-,12-10?;. The second-order valence-electron chi connectivity index (χ2n) is 3.62. The zero-order valence-electron chi connectivity index (χ0n) is 11.4. The minimum atomic E-state index is 0.613. The molecule has 0 aliphatic heterocycles. The Morgan fingerprint density at radius 1 is 0.933 bits per heavy atom. The Morgan fingerprint density at radius 2 is 1.53 bits per heavy atom. The second kappa shape index (κ2) is 15.9. The highest BCUT2D eigenvalue weighted by Crippen LogP contribution is 2.04. The zero-order valence-corrected chi connectivity index (χ0v) is 11.4. The molecule has 0 saturated carbocycles. The third-order valence-corrected chi connectivity index (χ3v) is 2.09. The van der Waals surface area contributed by atoms with Crippen molar-refractivity contribution in [3.05, 3.63) is 24.3 Å². The highest BCUT2D eigenvalue weighted by Gasteiger charge is 1.87. The van der Waals surface area contributed by atoms with E-state index < -0.39 is 0 Å². The predicted octanol–water partition coefficient (Wildman–Crippen LogP) is 5.75. The first-order chi connectivity index (χ1) is 7.31. The molecule has 0 amide bonds. The molecule has 0 aromatic carbocycles. The van der Waals surface area contributed by atoms with Gasteiger partial charge in [0.15, 0.2) is 0 Å². The Bertz CT molecular complexity index is 142. The molecule has 0 heterocycles. The maximum Gasteiger partial charge on any atom is -0.00819 e. The lowest BCUT2D eigenvalue weighted by Crippen LogP contribution is -1.81. The molecule has 0 aromatic heterocycles. The van der Waals surface area contributed by atoms with Gasteiger partial charge in [0.2, 0.25) is 0 Å². The van der Waals surface area contributed by atoms with Gasteiger partial charge in [-0.3, -0.25) is 0 Å². The molecule has 1 atom stereocenters. The smallest absolute Gasteiger partial charge is 0.00819 e. The van der Waals surface area contributed by atoms with Crippen LogP contribution < -0.4 is 0 Å². The average molecular weight is 210 g/mol. The van der Waals surface area contributed by atoms with Crippen molar-refractivity contribution in [1.29, 1.82) is 0 Å². The van der Waals surface area contributed by atoms with Gasteiger partial charge in [-0.2, -0.15) is 0 Å². The second-order valence-corrected chi connectivity index (χ2v) is 3.62. The topological polar surface area (TPSA) is 0 Å². The third kappa shape index (κ3) is 16.2. The maximum atomic E-state index is 2.32. The molecule has 0 spiro atoms. The molecular weight excluding hydrogens is 180 g/mol. The molecule has 0 aliphatic carbocycles. The molecule has 0 nitrogen and oxygen atoms in total. The van der Waals surface area contributed by atoms with E-state index in [0.717, 1.165) is 6.42 Å². The fourth-order valence-electron chi connectivity index (χ4n) is 1.24. The van der Waals surface area contributed by atoms with Crippen molar-refractivity contribution in [1.82, 2.24) is 0 Å². The van der Waals surface area contributed by atoms with Crippen LogP contribution >= 0.6 is 0 Å². The quantitative estimate of drug-likeness (QED) is 0.370. The van der Waals surface area contributed by atoms with Gasteiger partial charge in [0.05, 0.1) is 0 Å². The SMILES string of the molecule is CC.CC/C=C\C(C)C=CCCCCC. The first kappa shape index (κ1) is 16.9. The molecule has 0 fully saturated rings. The van der Waals surface area contributed by atoms with Crippen molar-refractivity contribution >= 4 is 0 Å². The van der Waals surface area contributed by atoms with E-state index in [0.29, 0.717) is 5.92 Å². The van der Waals surface area contributed by atoms with E-state index >= 15 is 0 Å². The lowest BCUT2D eigenvalue weighted by Gasteiger charge is -1.97. The Balaban J connectivity index is 0. The molecular formula is C15H30. The average Bonchev–Trinajstić information content (AvgIpc) is 2.29. The van der Waals surface area contributed by atoms with E-state index in [-0.39, 0.29) is 0 Å². The van der Waals surface area contributed by atoms with Crippen LogP contribution in [-0.4, -0.2) is 0 Å². The van der Waals surface area contributed by atoms with Crippen LogP contribution in [0.4, 0.5) is 0 Å². The summed E-state index contributed by atoms with van der Waals surface area (Å²) in [5, 5.41) is 0. The molecule has 0 aliphatic rings. The molecule has 0 rings (SSSR count). The molecule has 0 N–H and O–H groups in total. The van der Waals surface area contributed by atoms with Crippen LogP contribution in [0, 0.1) is 5.92 Å². The fraction of sp³-hybridized carbons (Fsp3) is 0.733. The summed E-state index contributed by atoms with van der Waals surface area (Å²) in [6.07, 6.45) is 15.6. The number of hydrogen-bond acceptors (Lipinski definition) is 0. The molecule has 0 bridgehead atoms. The van der Waals surface area contributed by atoms with Gasteiger partial charge >= 0.3 is 0 Å². The van der Waals surface area contributed by atoms with Gasteiger partial charge in [0, 0.05) is 0 Å². The van der Waals surface area contributed by atoms with Gasteiger partial charge in [0.1, 0.15) is 0 Å². The van der Waals surface area contributed by atoms with E-state index in [1.165, 1.54) is 25.7 Å². The third-order valence-electron chi connectivity index (χ3n) is 2.09. The molecule has 0 radical (unpaired) electrons. The van der Waals surface area contributed by atoms with Crippen molar-refractivity contribution in [3.63, 3.8) is 0 Å². The fourth-order valence-corrected chi connectivity index (χ4v) is 1.24. The number of unbranched alkanes of at least 4 members (excludes halogenated alkanes) is 3. The summed E-state index contributed by atoms with van der Waals surface area (Å²) in [5.41, 5.74) is 0. The summed E-state index contributed by atoms with van der Waals surface area (Å²) >= 11 is 0. The van der Waals surface area contributed by atoms with E-state index in [1.807, 2.05) is 13.8 Å². The summed E-state index contributed by atoms with van der Waals surface area (Å²) in [6.45, 7) is 10.7. The lowest BCUT2D eigenvalue weighted by molar-refractivity contribution is 0.726. The lowest BCUT2D eigenvalue weighted by atomic mass is 10.1. The van der Waals surface area contributed by atoms with Crippen LogP contribution in [0.1, 0.15) is 66.7 Å². The van der Waals surface area contributed by atoms with Crippen LogP contribution in [0.3, 0.4) is 0 Å². The number of hydrogen-bond donors (Lipinski definition) is 0. The Hall–Kier alpha value is -0.520. The first-order valence-electron chi connectivity index (χ1n) is 6.64. The van der Waals surface area contributed by atoms with Crippen LogP contribution in [0.2, 0.25) is 0 Å². The van der Waals surface area contributed by atoms with E-state index in [1.54, 1.807) is 0 Å². The molecule has 0 heteroatoms. The van der Waals surface area contributed by atoms with Gasteiger partial charge < -0.3 is 0 Å². The van der Waals surface area contributed by atoms with Crippen LogP contribution in [-0.2, 0) is 0 Å². The highest BCUT2D eigenvalue weighted by atomic mass is 13.9. The molecule has 15 heavy (non-hydrogen) atoms. The van der Waals surface area contributed by atoms with E-state index in [9.17, 15) is 0 Å². The Kier molecular flexibility index (Phi) is 17.9. The van der Waals surface area contributed by atoms with Crippen molar-refractivity contribution in [2.75, 3.05) is 0 Å². The van der Waals surface area contributed by atoms with Gasteiger partial charge in [-0.25, -0.2) is 0 Å². The summed E-state index contributed by atoms with van der Waals surface area (Å²) < 4.78 is 0. The number of allylic oxidation sites excluding steroid dienone is 4. The van der Waals surface area contributed by atoms with Crippen molar-refractivity contribution in [2.24, 2.45) is 5.92 Å². The Morgan fingerprint density at radius 3 is 2.07 bits per heavy atom. The van der Waals surface area contributed by atoms with Crippen LogP contribution in [0.25, 0.3) is 0 Å². The molecule has 90 valence electrons. The predicted molar refractivity (Wildman–Crippen MR) is 73.2 cm³/mol.